The van der Waals surface area contributed by atoms with Crippen LogP contribution in [0.2, 0.25) is 0 Å². The van der Waals surface area contributed by atoms with Crippen molar-refractivity contribution in [3.05, 3.63) is 29.3 Å². The number of rotatable bonds is 2. The van der Waals surface area contributed by atoms with Crippen molar-refractivity contribution in [3.8, 4) is 0 Å². The van der Waals surface area contributed by atoms with Gasteiger partial charge in [-0.3, -0.25) is 4.90 Å². The van der Waals surface area contributed by atoms with Crippen molar-refractivity contribution >= 4 is 17.7 Å². The number of carbonyl (C=O) groups excluding carboxylic acids is 1. The molecular formula is C17H23NO4. The highest BCUT2D eigenvalue weighted by molar-refractivity contribution is 5.98. The fourth-order valence-corrected chi connectivity index (χ4v) is 2.54. The van der Waals surface area contributed by atoms with Gasteiger partial charge >= 0.3 is 12.1 Å². The predicted octanol–water partition coefficient (Wildman–Crippen LogP) is 3.56. The monoisotopic (exact) mass is 305 g/mol. The fourth-order valence-electron chi connectivity index (χ4n) is 2.54. The summed E-state index contributed by atoms with van der Waals surface area (Å²) >= 11 is 0. The highest BCUT2D eigenvalue weighted by Gasteiger charge is 2.40. The number of aliphatic carboxylic acids is 1. The predicted molar refractivity (Wildman–Crippen MR) is 84.4 cm³/mol. The van der Waals surface area contributed by atoms with Gasteiger partial charge in [0, 0.05) is 6.42 Å². The third-order valence-electron chi connectivity index (χ3n) is 3.64. The van der Waals surface area contributed by atoms with Crippen LogP contribution in [0.3, 0.4) is 0 Å². The molecule has 1 aliphatic rings. The van der Waals surface area contributed by atoms with E-state index in [2.05, 4.69) is 13.8 Å². The lowest BCUT2D eigenvalue weighted by molar-refractivity contribution is -0.138. The van der Waals surface area contributed by atoms with Crippen LogP contribution in [0.1, 0.15) is 51.7 Å². The van der Waals surface area contributed by atoms with E-state index in [1.54, 1.807) is 20.8 Å². The molecule has 120 valence electrons. The van der Waals surface area contributed by atoms with Crippen LogP contribution in [-0.4, -0.2) is 28.8 Å². The molecular weight excluding hydrogens is 282 g/mol. The minimum Gasteiger partial charge on any atom is -0.480 e. The van der Waals surface area contributed by atoms with Gasteiger partial charge in [0.2, 0.25) is 0 Å². The molecule has 0 saturated carbocycles. The van der Waals surface area contributed by atoms with Crippen LogP contribution in [0.4, 0.5) is 10.5 Å². The first-order valence-electron chi connectivity index (χ1n) is 7.48. The van der Waals surface area contributed by atoms with Gasteiger partial charge in [-0.25, -0.2) is 9.59 Å². The molecule has 1 amide bonds. The second kappa shape index (κ2) is 5.63. The Morgan fingerprint density at radius 1 is 1.32 bits per heavy atom. The van der Waals surface area contributed by atoms with Crippen LogP contribution in [0.5, 0.6) is 0 Å². The Bertz CT molecular complexity index is 601. The summed E-state index contributed by atoms with van der Waals surface area (Å²) in [6.07, 6.45) is -0.304. The van der Waals surface area contributed by atoms with E-state index < -0.39 is 23.7 Å². The molecule has 1 aromatic carbocycles. The van der Waals surface area contributed by atoms with Crippen molar-refractivity contribution in [3.63, 3.8) is 0 Å². The number of fused-ring (bicyclic) bond motifs is 1. The number of benzene rings is 1. The van der Waals surface area contributed by atoms with Gasteiger partial charge in [-0.1, -0.05) is 26.0 Å². The van der Waals surface area contributed by atoms with E-state index in [4.69, 9.17) is 4.74 Å². The molecule has 5 nitrogen and oxygen atoms in total. The molecule has 1 unspecified atom stereocenters. The van der Waals surface area contributed by atoms with Gasteiger partial charge in [-0.15, -0.1) is 0 Å². The standard InChI is InChI=1S/C17H23NO4/c1-10(2)11-6-7-12-9-14(15(19)20)18(13(12)8-11)16(21)22-17(3,4)5/h6-8,10,14H,9H2,1-5H3,(H,19,20). The second-order valence-electron chi connectivity index (χ2n) is 6.95. The minimum absolute atomic E-state index is 0.301. The number of carbonyl (C=O) groups is 2. The number of ether oxygens (including phenoxy) is 1. The van der Waals surface area contributed by atoms with Crippen molar-refractivity contribution in [2.75, 3.05) is 4.90 Å². The summed E-state index contributed by atoms with van der Waals surface area (Å²) in [5.41, 5.74) is 1.91. The fraction of sp³-hybridized carbons (Fsp3) is 0.529. The molecule has 0 saturated heterocycles. The quantitative estimate of drug-likeness (QED) is 0.907. The van der Waals surface area contributed by atoms with E-state index in [0.29, 0.717) is 18.0 Å². The van der Waals surface area contributed by atoms with Crippen molar-refractivity contribution < 1.29 is 19.4 Å². The van der Waals surface area contributed by atoms with Crippen LogP contribution in [-0.2, 0) is 16.0 Å². The number of hydrogen-bond donors (Lipinski definition) is 1. The van der Waals surface area contributed by atoms with E-state index in [1.807, 2.05) is 18.2 Å². The molecule has 22 heavy (non-hydrogen) atoms. The third kappa shape index (κ3) is 3.24. The van der Waals surface area contributed by atoms with Gasteiger partial charge in [0.15, 0.2) is 0 Å². The molecule has 1 aliphatic heterocycles. The Hall–Kier alpha value is -2.04. The molecule has 0 fully saturated rings. The second-order valence-corrected chi connectivity index (χ2v) is 6.95. The minimum atomic E-state index is -1.02. The molecule has 0 radical (unpaired) electrons. The van der Waals surface area contributed by atoms with E-state index in [0.717, 1.165) is 11.1 Å². The number of carboxylic acid groups (broad SMARTS) is 1. The van der Waals surface area contributed by atoms with Crippen LogP contribution >= 0.6 is 0 Å². The Morgan fingerprint density at radius 2 is 1.95 bits per heavy atom. The molecule has 2 rings (SSSR count). The van der Waals surface area contributed by atoms with Gasteiger partial charge in [-0.2, -0.15) is 0 Å². The summed E-state index contributed by atoms with van der Waals surface area (Å²) in [7, 11) is 0. The van der Waals surface area contributed by atoms with Crippen LogP contribution in [0, 0.1) is 0 Å². The summed E-state index contributed by atoms with van der Waals surface area (Å²) in [6.45, 7) is 9.42. The summed E-state index contributed by atoms with van der Waals surface area (Å²) in [5, 5.41) is 9.43. The molecule has 1 aromatic rings. The van der Waals surface area contributed by atoms with E-state index in [-0.39, 0.29) is 0 Å². The van der Waals surface area contributed by atoms with Gasteiger partial charge in [-0.05, 0) is 43.9 Å². The Balaban J connectivity index is 2.43. The smallest absolute Gasteiger partial charge is 0.415 e. The lowest BCUT2D eigenvalue weighted by Gasteiger charge is -2.27. The van der Waals surface area contributed by atoms with E-state index >= 15 is 0 Å². The molecule has 1 N–H and O–H groups in total. The van der Waals surface area contributed by atoms with Crippen molar-refractivity contribution in [2.45, 2.75) is 58.6 Å². The number of anilines is 1. The maximum Gasteiger partial charge on any atom is 0.415 e. The van der Waals surface area contributed by atoms with Crippen molar-refractivity contribution in [1.82, 2.24) is 0 Å². The average molecular weight is 305 g/mol. The Labute approximate surface area is 130 Å². The maximum atomic E-state index is 12.5. The highest BCUT2D eigenvalue weighted by Crippen LogP contribution is 2.36. The molecule has 1 atom stereocenters. The zero-order valence-corrected chi connectivity index (χ0v) is 13.7. The van der Waals surface area contributed by atoms with Gasteiger partial charge in [0.05, 0.1) is 5.69 Å². The summed E-state index contributed by atoms with van der Waals surface area (Å²) in [5.74, 6) is -0.720. The zero-order chi connectivity index (χ0) is 16.7. The van der Waals surface area contributed by atoms with Crippen LogP contribution in [0.25, 0.3) is 0 Å². The van der Waals surface area contributed by atoms with Gasteiger partial charge in [0.1, 0.15) is 11.6 Å². The van der Waals surface area contributed by atoms with Crippen LogP contribution in [0.15, 0.2) is 18.2 Å². The number of amides is 1. The topological polar surface area (TPSA) is 66.8 Å². The maximum absolute atomic E-state index is 12.5. The van der Waals surface area contributed by atoms with Crippen molar-refractivity contribution in [1.29, 1.82) is 0 Å². The summed E-state index contributed by atoms with van der Waals surface area (Å²) in [4.78, 5) is 25.3. The Morgan fingerprint density at radius 3 is 2.45 bits per heavy atom. The highest BCUT2D eigenvalue weighted by atomic mass is 16.6. The lowest BCUT2D eigenvalue weighted by Crippen LogP contribution is -2.45. The largest absolute Gasteiger partial charge is 0.480 e. The summed E-state index contributed by atoms with van der Waals surface area (Å²) < 4.78 is 5.38. The van der Waals surface area contributed by atoms with Crippen LogP contribution < -0.4 is 4.90 Å². The SMILES string of the molecule is CC(C)c1ccc2c(c1)N(C(=O)OC(C)(C)C)C(C(=O)O)C2. The molecule has 1 heterocycles. The number of hydrogen-bond acceptors (Lipinski definition) is 3. The van der Waals surface area contributed by atoms with E-state index in [9.17, 15) is 14.7 Å². The summed E-state index contributed by atoms with van der Waals surface area (Å²) in [6, 6.07) is 4.88. The third-order valence-corrected chi connectivity index (χ3v) is 3.64. The zero-order valence-electron chi connectivity index (χ0n) is 13.7. The molecule has 0 aliphatic carbocycles. The van der Waals surface area contributed by atoms with Gasteiger partial charge in [0.25, 0.3) is 0 Å². The van der Waals surface area contributed by atoms with Gasteiger partial charge < -0.3 is 9.84 Å². The first kappa shape index (κ1) is 16.3. The molecule has 0 bridgehead atoms. The molecule has 0 spiro atoms. The Kier molecular flexibility index (Phi) is 4.18. The lowest BCUT2D eigenvalue weighted by atomic mass is 10.00. The molecule has 5 heteroatoms. The first-order valence-corrected chi connectivity index (χ1v) is 7.48. The number of nitrogens with zero attached hydrogens (tertiary/aromatic N) is 1. The van der Waals surface area contributed by atoms with E-state index in [1.165, 1.54) is 4.90 Å². The normalized spacial score (nSPS) is 17.5. The molecule has 0 aromatic heterocycles. The number of carboxylic acids is 1. The van der Waals surface area contributed by atoms with Crippen molar-refractivity contribution in [2.24, 2.45) is 0 Å². The first-order chi connectivity index (χ1) is 10.1. The average Bonchev–Trinajstić information content (AvgIpc) is 2.74.